The van der Waals surface area contributed by atoms with Gasteiger partial charge in [0.1, 0.15) is 23.4 Å². The number of nitrogens with one attached hydrogen (secondary N) is 1. The van der Waals surface area contributed by atoms with Crippen molar-refractivity contribution in [2.45, 2.75) is 38.8 Å². The summed E-state index contributed by atoms with van der Waals surface area (Å²) in [6, 6.07) is 7.96. The lowest BCUT2D eigenvalue weighted by molar-refractivity contribution is -0.127. The second-order valence-electron chi connectivity index (χ2n) is 8.41. The van der Waals surface area contributed by atoms with Crippen molar-refractivity contribution in [3.8, 4) is 11.5 Å². The third-order valence-corrected chi connectivity index (χ3v) is 5.95. The topological polar surface area (TPSA) is 94.2 Å². The molecule has 2 atom stereocenters. The third-order valence-electron chi connectivity index (χ3n) is 5.95. The maximum Gasteiger partial charge on any atom is 0.265 e. The Morgan fingerprint density at radius 3 is 2.82 bits per heavy atom. The molecule has 2 aliphatic rings. The van der Waals surface area contributed by atoms with Crippen molar-refractivity contribution in [2.75, 3.05) is 31.3 Å². The molecule has 0 aromatic heterocycles. The minimum absolute atomic E-state index is 0.0159. The summed E-state index contributed by atoms with van der Waals surface area (Å²) in [4.78, 5) is 39.6. The molecule has 2 aromatic carbocycles. The van der Waals surface area contributed by atoms with E-state index in [9.17, 15) is 18.8 Å². The highest BCUT2D eigenvalue weighted by Crippen LogP contribution is 2.34. The number of aryl methyl sites for hydroxylation is 1. The van der Waals surface area contributed by atoms with Crippen molar-refractivity contribution in [1.82, 2.24) is 5.32 Å². The fourth-order valence-corrected chi connectivity index (χ4v) is 4.06. The lowest BCUT2D eigenvalue weighted by Gasteiger charge is -2.33. The van der Waals surface area contributed by atoms with E-state index in [0.29, 0.717) is 41.5 Å². The van der Waals surface area contributed by atoms with Crippen molar-refractivity contribution < 1.29 is 33.0 Å². The highest BCUT2D eigenvalue weighted by Gasteiger charge is 2.34. The lowest BCUT2D eigenvalue weighted by Crippen LogP contribution is -2.52. The van der Waals surface area contributed by atoms with Crippen molar-refractivity contribution >= 4 is 23.3 Å². The van der Waals surface area contributed by atoms with Crippen LogP contribution >= 0.6 is 0 Å². The van der Waals surface area contributed by atoms with Crippen LogP contribution in [0.25, 0.3) is 0 Å². The van der Waals surface area contributed by atoms with Gasteiger partial charge in [0.05, 0.1) is 11.8 Å². The fourth-order valence-electron chi connectivity index (χ4n) is 4.06. The Labute approximate surface area is 197 Å². The molecule has 2 aliphatic heterocycles. The quantitative estimate of drug-likeness (QED) is 0.597. The number of carbonyl (C=O) groups is 3. The Balaban J connectivity index is 1.47. The summed E-state index contributed by atoms with van der Waals surface area (Å²) in [7, 11) is 0. The van der Waals surface area contributed by atoms with Gasteiger partial charge in [0.2, 0.25) is 5.91 Å². The first-order valence-electron chi connectivity index (χ1n) is 11.2. The van der Waals surface area contributed by atoms with Gasteiger partial charge in [0.25, 0.3) is 5.91 Å². The Bertz CT molecular complexity index is 1100. The van der Waals surface area contributed by atoms with Gasteiger partial charge in [-0.2, -0.15) is 0 Å². The van der Waals surface area contributed by atoms with Gasteiger partial charge in [-0.3, -0.25) is 19.3 Å². The minimum Gasteiger partial charge on any atom is -0.485 e. The van der Waals surface area contributed by atoms with Gasteiger partial charge in [0.15, 0.2) is 19.0 Å². The number of hydrogen-bond donors (Lipinski definition) is 1. The van der Waals surface area contributed by atoms with Crippen LogP contribution in [0.2, 0.25) is 0 Å². The Morgan fingerprint density at radius 1 is 1.26 bits per heavy atom. The molecule has 1 saturated heterocycles. The van der Waals surface area contributed by atoms with E-state index >= 15 is 0 Å². The van der Waals surface area contributed by atoms with Crippen LogP contribution in [0.1, 0.15) is 35.7 Å². The van der Waals surface area contributed by atoms with Crippen LogP contribution in [0, 0.1) is 12.7 Å². The number of ketones is 1. The van der Waals surface area contributed by atoms with Gasteiger partial charge in [-0.05, 0) is 68.7 Å². The standard InChI is InChI=1S/C25H27FN2O6/c1-15-10-18(26)6-8-22(15)33-13-21(29)17-5-7-23-20(11-17)28(24(30)14-34-23)16(2)25(31)27-12-19-4-3-9-32-19/h5-8,10-11,16,19H,3-4,9,12-14H2,1-2H3,(H,27,31)/t16-,19+/m0/s1. The molecule has 180 valence electrons. The summed E-state index contributed by atoms with van der Waals surface area (Å²) in [5, 5.41) is 2.85. The molecule has 4 rings (SSSR count). The molecule has 0 radical (unpaired) electrons. The molecule has 34 heavy (non-hydrogen) atoms. The third kappa shape index (κ3) is 5.20. The van der Waals surface area contributed by atoms with Crippen LogP contribution in [0.4, 0.5) is 10.1 Å². The monoisotopic (exact) mass is 470 g/mol. The number of amides is 2. The number of rotatable bonds is 8. The Morgan fingerprint density at radius 2 is 2.09 bits per heavy atom. The zero-order valence-corrected chi connectivity index (χ0v) is 19.1. The second kappa shape index (κ2) is 10.2. The smallest absolute Gasteiger partial charge is 0.265 e. The maximum absolute atomic E-state index is 13.3. The lowest BCUT2D eigenvalue weighted by atomic mass is 10.1. The molecule has 0 spiro atoms. The predicted molar refractivity (Wildman–Crippen MR) is 122 cm³/mol. The van der Waals surface area contributed by atoms with Crippen LogP contribution in [0.15, 0.2) is 36.4 Å². The molecular formula is C25H27FN2O6. The molecule has 0 bridgehead atoms. The van der Waals surface area contributed by atoms with Gasteiger partial charge >= 0.3 is 0 Å². The van der Waals surface area contributed by atoms with Gasteiger partial charge in [-0.1, -0.05) is 0 Å². The van der Waals surface area contributed by atoms with Crippen molar-refractivity contribution in [3.63, 3.8) is 0 Å². The van der Waals surface area contributed by atoms with Gasteiger partial charge < -0.3 is 19.5 Å². The molecule has 2 aromatic rings. The summed E-state index contributed by atoms with van der Waals surface area (Å²) < 4.78 is 29.9. The predicted octanol–water partition coefficient (Wildman–Crippen LogP) is 2.80. The van der Waals surface area contributed by atoms with Crippen molar-refractivity contribution in [1.29, 1.82) is 0 Å². The first-order chi connectivity index (χ1) is 16.3. The first-order valence-corrected chi connectivity index (χ1v) is 11.2. The largest absolute Gasteiger partial charge is 0.485 e. The van der Waals surface area contributed by atoms with E-state index in [1.165, 1.54) is 29.2 Å². The fraction of sp³-hybridized carbons (Fsp3) is 0.400. The molecule has 0 aliphatic carbocycles. The molecule has 1 fully saturated rings. The SMILES string of the molecule is Cc1cc(F)ccc1OCC(=O)c1ccc2c(c1)N([C@@H](C)C(=O)NC[C@H]1CCCO1)C(=O)CO2. The number of carbonyl (C=O) groups excluding carboxylic acids is 3. The van der Waals surface area contributed by atoms with Gasteiger partial charge in [-0.15, -0.1) is 0 Å². The summed E-state index contributed by atoms with van der Waals surface area (Å²) >= 11 is 0. The van der Waals surface area contributed by atoms with Crippen molar-refractivity contribution in [3.05, 3.63) is 53.3 Å². The number of fused-ring (bicyclic) bond motifs is 1. The molecule has 2 heterocycles. The van der Waals surface area contributed by atoms with E-state index in [4.69, 9.17) is 14.2 Å². The molecule has 2 amide bonds. The molecule has 0 saturated carbocycles. The number of Topliss-reactive ketones (excluding diaryl/α,β-unsaturated/α-hetero) is 1. The van der Waals surface area contributed by atoms with E-state index in [0.717, 1.165) is 12.8 Å². The maximum atomic E-state index is 13.3. The molecule has 9 heteroatoms. The van der Waals surface area contributed by atoms with Crippen LogP contribution in [-0.2, 0) is 14.3 Å². The molecule has 0 unspecified atom stereocenters. The van der Waals surface area contributed by atoms with Crippen LogP contribution in [0.5, 0.6) is 11.5 Å². The van der Waals surface area contributed by atoms with Crippen LogP contribution in [-0.4, -0.2) is 56.1 Å². The first kappa shape index (κ1) is 23.7. The van der Waals surface area contributed by atoms with Gasteiger partial charge in [0, 0.05) is 18.7 Å². The summed E-state index contributed by atoms with van der Waals surface area (Å²) in [5.41, 5.74) is 1.22. The average Bonchev–Trinajstić information content (AvgIpc) is 3.34. The highest BCUT2D eigenvalue weighted by atomic mass is 19.1. The number of halogens is 1. The Hall–Kier alpha value is -3.46. The number of hydrogen-bond acceptors (Lipinski definition) is 6. The van der Waals surface area contributed by atoms with Crippen molar-refractivity contribution in [2.24, 2.45) is 0 Å². The highest BCUT2D eigenvalue weighted by molar-refractivity contribution is 6.05. The van der Waals surface area contributed by atoms with Gasteiger partial charge in [-0.25, -0.2) is 4.39 Å². The van der Waals surface area contributed by atoms with E-state index in [-0.39, 0.29) is 42.7 Å². The van der Waals surface area contributed by atoms with Crippen LogP contribution < -0.4 is 19.7 Å². The summed E-state index contributed by atoms with van der Waals surface area (Å²) in [5.74, 6) is -0.599. The van der Waals surface area contributed by atoms with Crippen LogP contribution in [0.3, 0.4) is 0 Å². The number of nitrogens with zero attached hydrogens (tertiary/aromatic N) is 1. The number of anilines is 1. The number of ether oxygens (including phenoxy) is 3. The molecule has 1 N–H and O–H groups in total. The van der Waals surface area contributed by atoms with E-state index in [1.54, 1.807) is 26.0 Å². The normalized spacial score (nSPS) is 18.1. The average molecular weight is 470 g/mol. The molecule has 8 nitrogen and oxygen atoms in total. The zero-order valence-electron chi connectivity index (χ0n) is 19.1. The van der Waals surface area contributed by atoms with E-state index in [2.05, 4.69) is 5.32 Å². The zero-order chi connectivity index (χ0) is 24.2. The summed E-state index contributed by atoms with van der Waals surface area (Å²) in [6.07, 6.45) is 1.84. The minimum atomic E-state index is -0.806. The molecular weight excluding hydrogens is 443 g/mol. The summed E-state index contributed by atoms with van der Waals surface area (Å²) in [6.45, 7) is 3.93. The van der Waals surface area contributed by atoms with E-state index < -0.39 is 6.04 Å². The Kier molecular flexibility index (Phi) is 7.12. The number of benzene rings is 2. The second-order valence-corrected chi connectivity index (χ2v) is 8.41. The van der Waals surface area contributed by atoms with E-state index in [1.807, 2.05) is 0 Å².